The molecule has 0 atom stereocenters. The molecular formula is C27H21FN6O2S. The van der Waals surface area contributed by atoms with Crippen LogP contribution in [-0.2, 0) is 22.4 Å². The number of benzene rings is 2. The van der Waals surface area contributed by atoms with E-state index in [0.29, 0.717) is 27.4 Å². The molecule has 0 unspecified atom stereocenters. The van der Waals surface area contributed by atoms with Gasteiger partial charge in [-0.3, -0.25) is 9.59 Å². The van der Waals surface area contributed by atoms with Crippen molar-refractivity contribution in [3.8, 4) is 23.0 Å². The van der Waals surface area contributed by atoms with Crippen LogP contribution in [0.15, 0.2) is 65.9 Å². The average Bonchev–Trinajstić information content (AvgIpc) is 3.50. The zero-order valence-electron chi connectivity index (χ0n) is 19.6. The molecule has 10 heteroatoms. The number of hydrogen-bond acceptors (Lipinski definition) is 6. The van der Waals surface area contributed by atoms with Crippen LogP contribution in [0.25, 0.3) is 16.9 Å². The van der Waals surface area contributed by atoms with Crippen LogP contribution in [0.4, 0.5) is 9.39 Å². The summed E-state index contributed by atoms with van der Waals surface area (Å²) < 4.78 is 15.1. The first-order valence-corrected chi connectivity index (χ1v) is 12.4. The fourth-order valence-corrected chi connectivity index (χ4v) is 5.40. The molecule has 1 aliphatic rings. The highest BCUT2D eigenvalue weighted by Gasteiger charge is 2.23. The molecule has 184 valence electrons. The topological polar surface area (TPSA) is 112 Å². The maximum absolute atomic E-state index is 13.5. The van der Waals surface area contributed by atoms with Crippen LogP contribution in [-0.4, -0.2) is 27.8 Å². The number of rotatable bonds is 5. The van der Waals surface area contributed by atoms with Gasteiger partial charge in [0.1, 0.15) is 22.6 Å². The average molecular weight is 513 g/mol. The van der Waals surface area contributed by atoms with Gasteiger partial charge in [-0.2, -0.15) is 15.5 Å². The molecule has 8 nitrogen and oxygen atoms in total. The van der Waals surface area contributed by atoms with Crippen molar-refractivity contribution in [2.75, 3.05) is 5.32 Å². The number of anilines is 1. The number of carbonyl (C=O) groups excluding carboxylic acids is 2. The van der Waals surface area contributed by atoms with Gasteiger partial charge in [0.05, 0.1) is 17.5 Å². The third kappa shape index (κ3) is 5.17. The second-order valence-corrected chi connectivity index (χ2v) is 9.51. The van der Waals surface area contributed by atoms with Gasteiger partial charge in [-0.15, -0.1) is 11.3 Å². The summed E-state index contributed by atoms with van der Waals surface area (Å²) in [6.45, 7) is 0. The lowest BCUT2D eigenvalue weighted by atomic mass is 9.96. The van der Waals surface area contributed by atoms with E-state index in [1.54, 1.807) is 23.0 Å². The molecule has 4 aromatic rings. The summed E-state index contributed by atoms with van der Waals surface area (Å²) in [4.78, 5) is 26.0. The molecule has 0 fully saturated rings. The van der Waals surface area contributed by atoms with Gasteiger partial charge in [-0.25, -0.2) is 14.5 Å². The van der Waals surface area contributed by atoms with E-state index in [1.807, 2.05) is 30.3 Å². The minimum atomic E-state index is -0.967. The molecule has 0 saturated heterocycles. The number of carbonyl (C=O) groups is 2. The van der Waals surface area contributed by atoms with Gasteiger partial charge in [0.15, 0.2) is 0 Å². The van der Waals surface area contributed by atoms with Crippen molar-refractivity contribution in [3.63, 3.8) is 0 Å². The number of fused-ring (bicyclic) bond motifs is 1. The van der Waals surface area contributed by atoms with Crippen molar-refractivity contribution >= 4 is 34.4 Å². The maximum atomic E-state index is 13.5. The van der Waals surface area contributed by atoms with Gasteiger partial charge in [0, 0.05) is 22.2 Å². The lowest BCUT2D eigenvalue weighted by Crippen LogP contribution is -2.32. The minimum Gasteiger partial charge on any atom is -0.308 e. The smallest absolute Gasteiger partial charge is 0.308 e. The van der Waals surface area contributed by atoms with E-state index in [2.05, 4.69) is 27.0 Å². The standard InChI is InChI=1S/C27H21FN6O2S/c28-19-12-10-17(11-13-19)24-18(16-34(33-24)20-6-2-1-3-7-20)15-30-32-26(36)25(35)31-27-22(14-29)21-8-4-5-9-23(21)37-27/h1-3,6-7,10-13,15-16H,4-5,8-9H2,(H,31,35)(H,32,36). The van der Waals surface area contributed by atoms with Crippen LogP contribution < -0.4 is 10.7 Å². The summed E-state index contributed by atoms with van der Waals surface area (Å²) in [5.41, 5.74) is 6.17. The second kappa shape index (κ2) is 10.6. The Morgan fingerprint density at radius 1 is 1.08 bits per heavy atom. The fourth-order valence-electron chi connectivity index (χ4n) is 4.17. The Labute approximate surface area is 216 Å². The van der Waals surface area contributed by atoms with E-state index < -0.39 is 11.8 Å². The Balaban J connectivity index is 1.33. The van der Waals surface area contributed by atoms with E-state index in [4.69, 9.17) is 0 Å². The number of nitriles is 1. The van der Waals surface area contributed by atoms with Gasteiger partial charge in [-0.1, -0.05) is 18.2 Å². The molecule has 37 heavy (non-hydrogen) atoms. The van der Waals surface area contributed by atoms with Crippen molar-refractivity contribution in [2.24, 2.45) is 5.10 Å². The van der Waals surface area contributed by atoms with E-state index in [1.165, 1.54) is 29.7 Å². The van der Waals surface area contributed by atoms with Crippen LogP contribution in [0.3, 0.4) is 0 Å². The van der Waals surface area contributed by atoms with E-state index >= 15 is 0 Å². The summed E-state index contributed by atoms with van der Waals surface area (Å²) in [5.74, 6) is -2.25. The van der Waals surface area contributed by atoms with Crippen molar-refractivity contribution in [1.29, 1.82) is 5.26 Å². The van der Waals surface area contributed by atoms with E-state index in [0.717, 1.165) is 41.8 Å². The van der Waals surface area contributed by atoms with Crippen LogP contribution in [0.1, 0.15) is 34.4 Å². The minimum absolute atomic E-state index is 0.370. The van der Waals surface area contributed by atoms with Crippen molar-refractivity contribution < 1.29 is 14.0 Å². The molecule has 2 aromatic heterocycles. The highest BCUT2D eigenvalue weighted by Crippen LogP contribution is 2.37. The molecule has 0 saturated carbocycles. The highest BCUT2D eigenvalue weighted by atomic mass is 32.1. The van der Waals surface area contributed by atoms with Gasteiger partial charge in [0.2, 0.25) is 0 Å². The Morgan fingerprint density at radius 2 is 1.84 bits per heavy atom. The quantitative estimate of drug-likeness (QED) is 0.232. The third-order valence-electron chi connectivity index (χ3n) is 5.97. The monoisotopic (exact) mass is 512 g/mol. The Hall–Kier alpha value is -4.62. The molecule has 5 rings (SSSR count). The Morgan fingerprint density at radius 3 is 2.59 bits per heavy atom. The number of hydrazone groups is 1. The number of thiophene rings is 1. The predicted octanol–water partition coefficient (Wildman–Crippen LogP) is 4.58. The first-order valence-electron chi connectivity index (χ1n) is 11.6. The summed E-state index contributed by atoms with van der Waals surface area (Å²) in [7, 11) is 0. The summed E-state index contributed by atoms with van der Waals surface area (Å²) >= 11 is 1.34. The number of amides is 2. The SMILES string of the molecule is N#Cc1c(NC(=O)C(=O)NN=Cc2cn(-c3ccccc3)nc2-c2ccc(F)cc2)sc2c1CCCC2. The zero-order chi connectivity index (χ0) is 25.8. The fraction of sp³-hybridized carbons (Fsp3) is 0.148. The molecule has 2 amide bonds. The number of nitrogens with one attached hydrogen (secondary N) is 2. The maximum Gasteiger partial charge on any atom is 0.329 e. The first kappa shape index (κ1) is 24.1. The Kier molecular flexibility index (Phi) is 6.87. The highest BCUT2D eigenvalue weighted by molar-refractivity contribution is 7.16. The molecule has 2 N–H and O–H groups in total. The van der Waals surface area contributed by atoms with Crippen molar-refractivity contribution in [2.45, 2.75) is 25.7 Å². The van der Waals surface area contributed by atoms with Gasteiger partial charge in [0.25, 0.3) is 0 Å². The number of para-hydroxylation sites is 1. The predicted molar refractivity (Wildman–Crippen MR) is 139 cm³/mol. The van der Waals surface area contributed by atoms with Gasteiger partial charge >= 0.3 is 11.8 Å². The molecule has 1 aliphatic carbocycles. The van der Waals surface area contributed by atoms with Crippen LogP contribution in [0.5, 0.6) is 0 Å². The number of nitrogens with zero attached hydrogens (tertiary/aromatic N) is 4. The van der Waals surface area contributed by atoms with Gasteiger partial charge < -0.3 is 5.32 Å². The largest absolute Gasteiger partial charge is 0.329 e. The molecule has 0 radical (unpaired) electrons. The number of aryl methyl sites for hydroxylation is 1. The van der Waals surface area contributed by atoms with E-state index in [-0.39, 0.29) is 5.82 Å². The molecule has 0 bridgehead atoms. The Bertz CT molecular complexity index is 1530. The lowest BCUT2D eigenvalue weighted by molar-refractivity contribution is -0.136. The zero-order valence-corrected chi connectivity index (χ0v) is 20.4. The lowest BCUT2D eigenvalue weighted by Gasteiger charge is -2.09. The van der Waals surface area contributed by atoms with Crippen molar-refractivity contribution in [3.05, 3.63) is 88.2 Å². The second-order valence-electron chi connectivity index (χ2n) is 8.40. The van der Waals surface area contributed by atoms with Crippen LogP contribution >= 0.6 is 11.3 Å². The molecule has 0 aliphatic heterocycles. The number of aromatic nitrogens is 2. The molecule has 2 aromatic carbocycles. The van der Waals surface area contributed by atoms with Crippen molar-refractivity contribution in [1.82, 2.24) is 15.2 Å². The van der Waals surface area contributed by atoms with Crippen LogP contribution in [0.2, 0.25) is 0 Å². The first-order chi connectivity index (χ1) is 18.0. The molecule has 2 heterocycles. The number of hydrogen-bond donors (Lipinski definition) is 2. The number of halogens is 1. The third-order valence-corrected chi connectivity index (χ3v) is 7.17. The van der Waals surface area contributed by atoms with Gasteiger partial charge in [-0.05, 0) is 67.6 Å². The van der Waals surface area contributed by atoms with Crippen LogP contribution in [0, 0.1) is 17.1 Å². The summed E-state index contributed by atoms with van der Waals surface area (Å²) in [6.07, 6.45) is 6.81. The molecule has 0 spiro atoms. The summed E-state index contributed by atoms with van der Waals surface area (Å²) in [6, 6.07) is 17.4. The summed E-state index contributed by atoms with van der Waals surface area (Å²) in [5, 5.41) is 21.0. The van der Waals surface area contributed by atoms with E-state index in [9.17, 15) is 19.2 Å². The normalized spacial score (nSPS) is 12.6. The molecular weight excluding hydrogens is 491 g/mol.